The molecule has 0 aliphatic rings. The Morgan fingerprint density at radius 1 is 1.50 bits per heavy atom. The van der Waals surface area contributed by atoms with Crippen LogP contribution >= 0.6 is 0 Å². The van der Waals surface area contributed by atoms with Crippen molar-refractivity contribution < 1.29 is 5.11 Å². The lowest BCUT2D eigenvalue weighted by atomic mass is 10.1. The van der Waals surface area contributed by atoms with Gasteiger partial charge in [-0.1, -0.05) is 24.0 Å². The number of nitrogens with two attached hydrogens (primary N) is 1. The third kappa shape index (κ3) is 2.92. The van der Waals surface area contributed by atoms with Crippen LogP contribution in [0.3, 0.4) is 0 Å². The highest BCUT2D eigenvalue weighted by atomic mass is 16.2. The smallest absolute Gasteiger partial charge is 0.122 e. The van der Waals surface area contributed by atoms with Crippen LogP contribution in [0, 0.1) is 17.3 Å². The summed E-state index contributed by atoms with van der Waals surface area (Å²) >= 11 is 0. The highest BCUT2D eigenvalue weighted by Crippen LogP contribution is 2.02. The lowest BCUT2D eigenvalue weighted by Gasteiger charge is -1.97. The number of nitrogen functional groups attached to an aromatic ring is 1. The molecule has 1 aromatic carbocycles. The van der Waals surface area contributed by atoms with E-state index in [0.717, 1.165) is 5.56 Å². The van der Waals surface area contributed by atoms with Gasteiger partial charge in [-0.3, -0.25) is 5.41 Å². The Kier molecular flexibility index (Phi) is 3.71. The van der Waals surface area contributed by atoms with E-state index in [2.05, 4.69) is 11.8 Å². The van der Waals surface area contributed by atoms with Gasteiger partial charge in [-0.15, -0.1) is 0 Å². The molecule has 1 rings (SSSR count). The van der Waals surface area contributed by atoms with Gasteiger partial charge in [0, 0.05) is 17.5 Å². The molecule has 0 atom stereocenters. The molecule has 0 spiro atoms. The summed E-state index contributed by atoms with van der Waals surface area (Å²) in [5.41, 5.74) is 6.81. The SMILES string of the molecule is N=C(N)c1cccc(C#CCCO)c1. The van der Waals surface area contributed by atoms with Gasteiger partial charge in [-0.25, -0.2) is 0 Å². The zero-order chi connectivity index (χ0) is 10.4. The van der Waals surface area contributed by atoms with Gasteiger partial charge in [0.1, 0.15) is 5.84 Å². The van der Waals surface area contributed by atoms with E-state index in [0.29, 0.717) is 12.0 Å². The van der Waals surface area contributed by atoms with Gasteiger partial charge < -0.3 is 10.8 Å². The predicted octanol–water partition coefficient (Wildman–Crippen LogP) is 0.705. The second-order valence-electron chi connectivity index (χ2n) is 2.77. The van der Waals surface area contributed by atoms with Crippen molar-refractivity contribution in [1.29, 1.82) is 5.41 Å². The Balaban J connectivity index is 2.85. The van der Waals surface area contributed by atoms with Crippen LogP contribution in [0.5, 0.6) is 0 Å². The quantitative estimate of drug-likeness (QED) is 0.363. The van der Waals surface area contributed by atoms with E-state index >= 15 is 0 Å². The van der Waals surface area contributed by atoms with Crippen LogP contribution in [0.15, 0.2) is 24.3 Å². The Bertz CT molecular complexity index is 388. The molecule has 3 nitrogen and oxygen atoms in total. The maximum atomic E-state index is 8.53. The van der Waals surface area contributed by atoms with Crippen LogP contribution in [0.4, 0.5) is 0 Å². The summed E-state index contributed by atoms with van der Waals surface area (Å²) in [4.78, 5) is 0. The van der Waals surface area contributed by atoms with Crippen molar-refractivity contribution in [3.63, 3.8) is 0 Å². The molecular weight excluding hydrogens is 176 g/mol. The zero-order valence-electron chi connectivity index (χ0n) is 7.75. The number of amidine groups is 1. The normalized spacial score (nSPS) is 8.93. The first-order valence-electron chi connectivity index (χ1n) is 4.28. The van der Waals surface area contributed by atoms with Crippen LogP contribution in [0.25, 0.3) is 0 Å². The van der Waals surface area contributed by atoms with E-state index in [4.69, 9.17) is 16.2 Å². The molecule has 0 saturated carbocycles. The molecule has 0 fully saturated rings. The van der Waals surface area contributed by atoms with Crippen LogP contribution in [-0.4, -0.2) is 17.5 Å². The summed E-state index contributed by atoms with van der Waals surface area (Å²) in [5.74, 6) is 5.72. The van der Waals surface area contributed by atoms with Crippen molar-refractivity contribution in [3.8, 4) is 11.8 Å². The van der Waals surface area contributed by atoms with Gasteiger partial charge >= 0.3 is 0 Å². The fourth-order valence-electron chi connectivity index (χ4n) is 0.985. The summed E-state index contributed by atoms with van der Waals surface area (Å²) < 4.78 is 0. The topological polar surface area (TPSA) is 70.1 Å². The number of nitrogens with one attached hydrogen (secondary N) is 1. The molecule has 14 heavy (non-hydrogen) atoms. The highest BCUT2D eigenvalue weighted by Gasteiger charge is 1.95. The lowest BCUT2D eigenvalue weighted by molar-refractivity contribution is 0.305. The van der Waals surface area contributed by atoms with Gasteiger partial charge in [-0.2, -0.15) is 0 Å². The van der Waals surface area contributed by atoms with Gasteiger partial charge in [0.05, 0.1) is 6.61 Å². The summed E-state index contributed by atoms with van der Waals surface area (Å²) in [6.07, 6.45) is 0.463. The van der Waals surface area contributed by atoms with Crippen LogP contribution in [0.1, 0.15) is 17.5 Å². The first-order chi connectivity index (χ1) is 6.74. The van der Waals surface area contributed by atoms with E-state index in [9.17, 15) is 0 Å². The summed E-state index contributed by atoms with van der Waals surface area (Å²) in [6, 6.07) is 7.17. The van der Waals surface area contributed by atoms with Gasteiger partial charge in [0.15, 0.2) is 0 Å². The largest absolute Gasteiger partial charge is 0.395 e. The molecule has 0 radical (unpaired) electrons. The van der Waals surface area contributed by atoms with Gasteiger partial charge in [0.25, 0.3) is 0 Å². The maximum absolute atomic E-state index is 8.53. The molecule has 0 amide bonds. The third-order valence-electron chi connectivity index (χ3n) is 1.64. The number of rotatable bonds is 2. The average Bonchev–Trinajstić information content (AvgIpc) is 2.19. The van der Waals surface area contributed by atoms with Crippen molar-refractivity contribution in [3.05, 3.63) is 35.4 Å². The number of aliphatic hydroxyl groups is 1. The molecule has 0 unspecified atom stereocenters. The van der Waals surface area contributed by atoms with Crippen molar-refractivity contribution in [1.82, 2.24) is 0 Å². The Hall–Kier alpha value is -1.79. The predicted molar refractivity (Wildman–Crippen MR) is 56.0 cm³/mol. The fraction of sp³-hybridized carbons (Fsp3) is 0.182. The van der Waals surface area contributed by atoms with E-state index in [1.54, 1.807) is 18.2 Å². The van der Waals surface area contributed by atoms with Crippen molar-refractivity contribution in [2.24, 2.45) is 5.73 Å². The highest BCUT2D eigenvalue weighted by molar-refractivity contribution is 5.95. The van der Waals surface area contributed by atoms with Gasteiger partial charge in [0.2, 0.25) is 0 Å². The maximum Gasteiger partial charge on any atom is 0.122 e. The molecular formula is C11H12N2O. The first-order valence-corrected chi connectivity index (χ1v) is 4.28. The van der Waals surface area contributed by atoms with Gasteiger partial charge in [-0.05, 0) is 12.1 Å². The minimum Gasteiger partial charge on any atom is -0.395 e. The Morgan fingerprint density at radius 3 is 2.93 bits per heavy atom. The minimum atomic E-state index is 0.0378. The molecule has 0 bridgehead atoms. The summed E-state index contributed by atoms with van der Waals surface area (Å²) in [7, 11) is 0. The van der Waals surface area contributed by atoms with Crippen molar-refractivity contribution in [2.45, 2.75) is 6.42 Å². The molecule has 0 heterocycles. The third-order valence-corrected chi connectivity index (χ3v) is 1.64. The molecule has 0 saturated heterocycles. The second-order valence-corrected chi connectivity index (χ2v) is 2.77. The van der Waals surface area contributed by atoms with Crippen LogP contribution in [0.2, 0.25) is 0 Å². The molecule has 3 heteroatoms. The monoisotopic (exact) mass is 188 g/mol. The van der Waals surface area contributed by atoms with Crippen molar-refractivity contribution in [2.75, 3.05) is 6.61 Å². The first kappa shape index (κ1) is 10.3. The molecule has 4 N–H and O–H groups in total. The van der Waals surface area contributed by atoms with Crippen LogP contribution < -0.4 is 5.73 Å². The number of benzene rings is 1. The number of hydrogen-bond donors (Lipinski definition) is 3. The van der Waals surface area contributed by atoms with E-state index < -0.39 is 0 Å². The fourth-order valence-corrected chi connectivity index (χ4v) is 0.985. The molecule has 1 aromatic rings. The zero-order valence-corrected chi connectivity index (χ0v) is 7.75. The Labute approximate surface area is 83.1 Å². The van der Waals surface area contributed by atoms with Crippen molar-refractivity contribution >= 4 is 5.84 Å². The Morgan fingerprint density at radius 2 is 2.29 bits per heavy atom. The van der Waals surface area contributed by atoms with Crippen LogP contribution in [-0.2, 0) is 0 Å². The summed E-state index contributed by atoms with van der Waals surface area (Å²) in [6.45, 7) is 0.0688. The van der Waals surface area contributed by atoms with E-state index in [1.165, 1.54) is 0 Å². The standard InChI is InChI=1S/C11H12N2O/c12-11(13)10-6-3-5-9(8-10)4-1-2-7-14/h3,5-6,8,14H,2,7H2,(H3,12,13). The lowest BCUT2D eigenvalue weighted by Crippen LogP contribution is -2.10. The average molecular weight is 188 g/mol. The second kappa shape index (κ2) is 5.05. The molecule has 0 aliphatic heterocycles. The van der Waals surface area contributed by atoms with E-state index in [-0.39, 0.29) is 12.4 Å². The molecule has 0 aromatic heterocycles. The molecule has 0 aliphatic carbocycles. The number of aliphatic hydroxyl groups excluding tert-OH is 1. The van der Waals surface area contributed by atoms with E-state index in [1.807, 2.05) is 6.07 Å². The molecule has 72 valence electrons. The minimum absolute atomic E-state index is 0.0378. The summed E-state index contributed by atoms with van der Waals surface area (Å²) in [5, 5.41) is 15.8. The number of hydrogen-bond acceptors (Lipinski definition) is 2.